The molecule has 96 valence electrons. The van der Waals surface area contributed by atoms with Gasteiger partial charge in [0, 0.05) is 5.56 Å². The van der Waals surface area contributed by atoms with E-state index in [2.05, 4.69) is 14.7 Å². The molecule has 0 saturated heterocycles. The Balaban J connectivity index is 2.23. The van der Waals surface area contributed by atoms with Gasteiger partial charge in [-0.2, -0.15) is 18.2 Å². The van der Waals surface area contributed by atoms with Gasteiger partial charge in [0.15, 0.2) is 0 Å². The Labute approximate surface area is 100 Å². The van der Waals surface area contributed by atoms with Crippen molar-refractivity contribution < 1.29 is 22.4 Å². The van der Waals surface area contributed by atoms with Crippen molar-refractivity contribution in [2.24, 2.45) is 0 Å². The summed E-state index contributed by atoms with van der Waals surface area (Å²) in [6.45, 7) is 2.35. The predicted octanol–water partition coefficient (Wildman–Crippen LogP) is 3.15. The van der Waals surface area contributed by atoms with Gasteiger partial charge in [0.05, 0.1) is 6.61 Å². The standard InChI is InChI=1S/C11H9F3N2O2/c1-2-17-8-5-3-7(4-6-8)9-15-10(18-16-9)11(12,13)14/h3-6H,2H2,1H3. The van der Waals surface area contributed by atoms with Gasteiger partial charge >= 0.3 is 12.1 Å². The Kier molecular flexibility index (Phi) is 3.22. The second-order valence-corrected chi connectivity index (χ2v) is 3.38. The smallest absolute Gasteiger partial charge is 0.471 e. The lowest BCUT2D eigenvalue weighted by molar-refractivity contribution is -0.159. The molecule has 0 aliphatic rings. The minimum absolute atomic E-state index is 0.106. The third-order valence-corrected chi connectivity index (χ3v) is 2.09. The number of ether oxygens (including phenoxy) is 1. The van der Waals surface area contributed by atoms with Gasteiger partial charge in [0.25, 0.3) is 0 Å². The summed E-state index contributed by atoms with van der Waals surface area (Å²) in [5.41, 5.74) is 0.428. The first-order valence-electron chi connectivity index (χ1n) is 5.15. The number of benzene rings is 1. The fourth-order valence-electron chi connectivity index (χ4n) is 1.32. The van der Waals surface area contributed by atoms with Gasteiger partial charge in [-0.05, 0) is 31.2 Å². The molecule has 0 saturated carbocycles. The minimum Gasteiger partial charge on any atom is -0.494 e. The number of hydrogen-bond donors (Lipinski definition) is 0. The van der Waals surface area contributed by atoms with E-state index in [0.717, 1.165) is 0 Å². The SMILES string of the molecule is CCOc1ccc(-c2noc(C(F)(F)F)n2)cc1. The molecular formula is C11H9F3N2O2. The highest BCUT2D eigenvalue weighted by atomic mass is 19.4. The normalized spacial score (nSPS) is 11.6. The summed E-state index contributed by atoms with van der Waals surface area (Å²) in [5.74, 6) is -0.836. The van der Waals surface area contributed by atoms with Crippen LogP contribution in [-0.4, -0.2) is 16.7 Å². The first kappa shape index (κ1) is 12.4. The summed E-state index contributed by atoms with van der Waals surface area (Å²) >= 11 is 0. The maximum atomic E-state index is 12.3. The fourth-order valence-corrected chi connectivity index (χ4v) is 1.32. The van der Waals surface area contributed by atoms with Gasteiger partial charge in [-0.1, -0.05) is 5.16 Å². The largest absolute Gasteiger partial charge is 0.494 e. The summed E-state index contributed by atoms with van der Waals surface area (Å²) in [6, 6.07) is 6.39. The first-order chi connectivity index (χ1) is 8.50. The average Bonchev–Trinajstić information content (AvgIpc) is 2.79. The van der Waals surface area contributed by atoms with Crippen LogP contribution in [0.5, 0.6) is 5.75 Å². The molecule has 7 heteroatoms. The van der Waals surface area contributed by atoms with Gasteiger partial charge in [-0.3, -0.25) is 0 Å². The molecule has 4 nitrogen and oxygen atoms in total. The van der Waals surface area contributed by atoms with Crippen molar-refractivity contribution in [3.05, 3.63) is 30.2 Å². The lowest BCUT2D eigenvalue weighted by atomic mass is 10.2. The van der Waals surface area contributed by atoms with Crippen LogP contribution in [-0.2, 0) is 6.18 Å². The second-order valence-electron chi connectivity index (χ2n) is 3.38. The zero-order valence-corrected chi connectivity index (χ0v) is 9.36. The van der Waals surface area contributed by atoms with Gasteiger partial charge in [0.1, 0.15) is 5.75 Å². The molecule has 0 spiro atoms. The number of hydrogen-bond acceptors (Lipinski definition) is 4. The van der Waals surface area contributed by atoms with Crippen molar-refractivity contribution in [2.75, 3.05) is 6.61 Å². The van der Waals surface area contributed by atoms with Crippen LogP contribution in [0.4, 0.5) is 13.2 Å². The van der Waals surface area contributed by atoms with Crippen molar-refractivity contribution in [1.29, 1.82) is 0 Å². The van der Waals surface area contributed by atoms with Crippen molar-refractivity contribution >= 4 is 0 Å². The third kappa shape index (κ3) is 2.61. The van der Waals surface area contributed by atoms with E-state index in [1.807, 2.05) is 6.92 Å². The molecule has 2 rings (SSSR count). The van der Waals surface area contributed by atoms with Gasteiger partial charge < -0.3 is 9.26 Å². The highest BCUT2D eigenvalue weighted by Crippen LogP contribution is 2.29. The van der Waals surface area contributed by atoms with Crippen LogP contribution in [0, 0.1) is 0 Å². The summed E-state index contributed by atoms with van der Waals surface area (Å²) in [6.07, 6.45) is -4.63. The number of rotatable bonds is 3. The molecule has 0 aliphatic carbocycles. The van der Waals surface area contributed by atoms with Crippen molar-refractivity contribution in [3.63, 3.8) is 0 Å². The first-order valence-corrected chi connectivity index (χ1v) is 5.15. The van der Waals surface area contributed by atoms with E-state index in [9.17, 15) is 13.2 Å². The number of halogens is 3. The van der Waals surface area contributed by atoms with E-state index in [1.54, 1.807) is 24.3 Å². The zero-order valence-electron chi connectivity index (χ0n) is 9.36. The minimum atomic E-state index is -4.63. The number of nitrogens with zero attached hydrogens (tertiary/aromatic N) is 2. The summed E-state index contributed by atoms with van der Waals surface area (Å²) in [7, 11) is 0. The van der Waals surface area contributed by atoms with Crippen LogP contribution < -0.4 is 4.74 Å². The maximum absolute atomic E-state index is 12.3. The molecule has 0 unspecified atom stereocenters. The Morgan fingerprint density at radius 3 is 2.39 bits per heavy atom. The van der Waals surface area contributed by atoms with Crippen LogP contribution in [0.2, 0.25) is 0 Å². The van der Waals surface area contributed by atoms with E-state index >= 15 is 0 Å². The molecular weight excluding hydrogens is 249 g/mol. The predicted molar refractivity (Wildman–Crippen MR) is 55.9 cm³/mol. The topological polar surface area (TPSA) is 48.2 Å². The Morgan fingerprint density at radius 1 is 1.22 bits per heavy atom. The molecule has 1 heterocycles. The van der Waals surface area contributed by atoms with Crippen LogP contribution in [0.15, 0.2) is 28.8 Å². The number of aromatic nitrogens is 2. The second kappa shape index (κ2) is 4.67. The van der Waals surface area contributed by atoms with E-state index in [0.29, 0.717) is 17.9 Å². The van der Waals surface area contributed by atoms with Gasteiger partial charge in [-0.25, -0.2) is 0 Å². The highest BCUT2D eigenvalue weighted by molar-refractivity contribution is 5.55. The highest BCUT2D eigenvalue weighted by Gasteiger charge is 2.38. The van der Waals surface area contributed by atoms with Crippen molar-refractivity contribution in [2.45, 2.75) is 13.1 Å². The van der Waals surface area contributed by atoms with E-state index < -0.39 is 12.1 Å². The van der Waals surface area contributed by atoms with E-state index in [1.165, 1.54) is 0 Å². The fraction of sp³-hybridized carbons (Fsp3) is 0.273. The van der Waals surface area contributed by atoms with E-state index in [4.69, 9.17) is 4.74 Å². The third-order valence-electron chi connectivity index (χ3n) is 2.09. The van der Waals surface area contributed by atoms with Gasteiger partial charge in [-0.15, -0.1) is 0 Å². The zero-order chi connectivity index (χ0) is 13.2. The van der Waals surface area contributed by atoms with Gasteiger partial charge in [0.2, 0.25) is 5.82 Å². The molecule has 1 aromatic heterocycles. The Hall–Kier alpha value is -2.05. The van der Waals surface area contributed by atoms with Crippen molar-refractivity contribution in [3.8, 4) is 17.1 Å². The molecule has 0 bridgehead atoms. The van der Waals surface area contributed by atoms with Crippen molar-refractivity contribution in [1.82, 2.24) is 10.1 Å². The van der Waals surface area contributed by atoms with Crippen LogP contribution in [0.25, 0.3) is 11.4 Å². The summed E-state index contributed by atoms with van der Waals surface area (Å²) in [4.78, 5) is 3.28. The maximum Gasteiger partial charge on any atom is 0.471 e. The molecule has 2 aromatic rings. The molecule has 0 fully saturated rings. The van der Waals surface area contributed by atoms with Crippen LogP contribution in [0.3, 0.4) is 0 Å². The monoisotopic (exact) mass is 258 g/mol. The quantitative estimate of drug-likeness (QED) is 0.848. The average molecular weight is 258 g/mol. The molecule has 0 amide bonds. The Bertz CT molecular complexity index is 520. The number of alkyl halides is 3. The molecule has 0 N–H and O–H groups in total. The molecule has 0 atom stereocenters. The molecule has 0 radical (unpaired) electrons. The van der Waals surface area contributed by atoms with Crippen LogP contribution >= 0.6 is 0 Å². The van der Waals surface area contributed by atoms with Crippen LogP contribution in [0.1, 0.15) is 12.8 Å². The molecule has 18 heavy (non-hydrogen) atoms. The summed E-state index contributed by atoms with van der Waals surface area (Å²) in [5, 5.41) is 3.28. The summed E-state index contributed by atoms with van der Waals surface area (Å²) < 4.78 is 46.2. The lowest BCUT2D eigenvalue weighted by Crippen LogP contribution is -2.04. The van der Waals surface area contributed by atoms with E-state index in [-0.39, 0.29) is 5.82 Å². The molecule has 1 aromatic carbocycles. The lowest BCUT2D eigenvalue weighted by Gasteiger charge is -2.02. The Morgan fingerprint density at radius 2 is 1.89 bits per heavy atom. The molecule has 0 aliphatic heterocycles.